The fourth-order valence-corrected chi connectivity index (χ4v) is 2.24. The van der Waals surface area contributed by atoms with Crippen molar-refractivity contribution in [3.63, 3.8) is 0 Å². The van der Waals surface area contributed by atoms with E-state index in [9.17, 15) is 9.18 Å². The molecule has 1 amide bonds. The SMILES string of the molecule is N#CC1CNCCN1CC(=O)Nc1ccc(F)cc1Cl. The van der Waals surface area contributed by atoms with Gasteiger partial charge in [-0.25, -0.2) is 4.39 Å². The van der Waals surface area contributed by atoms with Gasteiger partial charge in [0.1, 0.15) is 11.9 Å². The van der Waals surface area contributed by atoms with E-state index in [0.29, 0.717) is 18.8 Å². The van der Waals surface area contributed by atoms with Crippen molar-refractivity contribution in [3.05, 3.63) is 29.0 Å². The van der Waals surface area contributed by atoms with E-state index in [1.807, 2.05) is 0 Å². The Kier molecular flexibility index (Phi) is 4.90. The van der Waals surface area contributed by atoms with E-state index in [1.165, 1.54) is 12.1 Å². The third-order valence-electron chi connectivity index (χ3n) is 3.06. The van der Waals surface area contributed by atoms with Crippen LogP contribution in [-0.2, 0) is 4.79 Å². The van der Waals surface area contributed by atoms with E-state index < -0.39 is 5.82 Å². The van der Waals surface area contributed by atoms with Crippen LogP contribution < -0.4 is 10.6 Å². The molecule has 0 aliphatic carbocycles. The molecule has 20 heavy (non-hydrogen) atoms. The van der Waals surface area contributed by atoms with Crippen LogP contribution in [0.3, 0.4) is 0 Å². The van der Waals surface area contributed by atoms with Crippen LogP contribution >= 0.6 is 11.6 Å². The van der Waals surface area contributed by atoms with Crippen LogP contribution in [0.15, 0.2) is 18.2 Å². The number of rotatable bonds is 3. The first kappa shape index (κ1) is 14.7. The van der Waals surface area contributed by atoms with Crippen molar-refractivity contribution in [2.45, 2.75) is 6.04 Å². The number of piperazine rings is 1. The van der Waals surface area contributed by atoms with Gasteiger partial charge in [-0.1, -0.05) is 11.6 Å². The Morgan fingerprint density at radius 3 is 3.15 bits per heavy atom. The standard InChI is InChI=1S/C13H14ClFN4O/c14-11-5-9(15)1-2-12(11)18-13(20)8-19-4-3-17-7-10(19)6-16/h1-2,5,10,17H,3-4,7-8H2,(H,18,20). The van der Waals surface area contributed by atoms with E-state index in [4.69, 9.17) is 16.9 Å². The Balaban J connectivity index is 1.96. The molecule has 5 nitrogen and oxygen atoms in total. The van der Waals surface area contributed by atoms with Crippen LogP contribution in [0.5, 0.6) is 0 Å². The average Bonchev–Trinajstić information content (AvgIpc) is 2.42. The highest BCUT2D eigenvalue weighted by Crippen LogP contribution is 2.22. The lowest BCUT2D eigenvalue weighted by atomic mass is 10.2. The van der Waals surface area contributed by atoms with Gasteiger partial charge in [0.05, 0.1) is 23.3 Å². The Bertz CT molecular complexity index is 546. The lowest BCUT2D eigenvalue weighted by Crippen LogP contribution is -2.52. The van der Waals surface area contributed by atoms with Gasteiger partial charge in [-0.2, -0.15) is 5.26 Å². The molecule has 2 rings (SSSR count). The van der Waals surface area contributed by atoms with Crippen molar-refractivity contribution >= 4 is 23.2 Å². The first-order valence-corrected chi connectivity index (χ1v) is 6.57. The highest BCUT2D eigenvalue weighted by atomic mass is 35.5. The molecule has 1 aliphatic heterocycles. The monoisotopic (exact) mass is 296 g/mol. The molecule has 1 heterocycles. The molecule has 0 aromatic heterocycles. The molecule has 0 bridgehead atoms. The van der Waals surface area contributed by atoms with Crippen LogP contribution in [0.1, 0.15) is 0 Å². The Morgan fingerprint density at radius 1 is 1.65 bits per heavy atom. The van der Waals surface area contributed by atoms with Crippen LogP contribution in [0.4, 0.5) is 10.1 Å². The maximum Gasteiger partial charge on any atom is 0.238 e. The number of hydrogen-bond donors (Lipinski definition) is 2. The molecule has 7 heteroatoms. The van der Waals surface area contributed by atoms with Crippen molar-refractivity contribution in [2.24, 2.45) is 0 Å². The maximum absolute atomic E-state index is 12.9. The molecule has 1 aliphatic rings. The Labute approximate surface area is 121 Å². The van der Waals surface area contributed by atoms with E-state index >= 15 is 0 Å². The molecule has 1 unspecified atom stereocenters. The lowest BCUT2D eigenvalue weighted by molar-refractivity contribution is -0.117. The number of halogens is 2. The second-order valence-electron chi connectivity index (χ2n) is 4.49. The van der Waals surface area contributed by atoms with Crippen LogP contribution in [-0.4, -0.2) is 43.0 Å². The van der Waals surface area contributed by atoms with Gasteiger partial charge in [-0.3, -0.25) is 9.69 Å². The van der Waals surface area contributed by atoms with Gasteiger partial charge >= 0.3 is 0 Å². The molecule has 1 saturated heterocycles. The lowest BCUT2D eigenvalue weighted by Gasteiger charge is -2.31. The van der Waals surface area contributed by atoms with E-state index in [-0.39, 0.29) is 23.5 Å². The minimum Gasteiger partial charge on any atom is -0.324 e. The molecule has 2 N–H and O–H groups in total. The van der Waals surface area contributed by atoms with Crippen molar-refractivity contribution in [1.82, 2.24) is 10.2 Å². The number of benzene rings is 1. The van der Waals surface area contributed by atoms with Crippen molar-refractivity contribution in [2.75, 3.05) is 31.5 Å². The van der Waals surface area contributed by atoms with Crippen molar-refractivity contribution in [1.29, 1.82) is 5.26 Å². The molecule has 106 valence electrons. The zero-order valence-corrected chi connectivity index (χ0v) is 11.5. The minimum absolute atomic E-state index is 0.105. The summed E-state index contributed by atoms with van der Waals surface area (Å²) in [6, 6.07) is 5.61. The maximum atomic E-state index is 12.9. The number of hydrogen-bond acceptors (Lipinski definition) is 4. The highest BCUT2D eigenvalue weighted by Gasteiger charge is 2.23. The number of nitriles is 1. The number of carbonyl (C=O) groups is 1. The molecule has 0 radical (unpaired) electrons. The molecule has 1 aromatic rings. The summed E-state index contributed by atoms with van der Waals surface area (Å²) in [6.45, 7) is 2.01. The van der Waals surface area contributed by atoms with E-state index in [1.54, 1.807) is 4.90 Å². The zero-order valence-electron chi connectivity index (χ0n) is 10.7. The number of anilines is 1. The van der Waals surface area contributed by atoms with Gasteiger partial charge in [0.25, 0.3) is 0 Å². The molecule has 0 spiro atoms. The number of nitrogens with zero attached hydrogens (tertiary/aromatic N) is 2. The van der Waals surface area contributed by atoms with Gasteiger partial charge in [0.15, 0.2) is 0 Å². The third-order valence-corrected chi connectivity index (χ3v) is 3.37. The number of carbonyl (C=O) groups excluding carboxylic acids is 1. The largest absolute Gasteiger partial charge is 0.324 e. The fraction of sp³-hybridized carbons (Fsp3) is 0.385. The topological polar surface area (TPSA) is 68.2 Å². The van der Waals surface area contributed by atoms with E-state index in [0.717, 1.165) is 12.6 Å². The molecule has 1 atom stereocenters. The summed E-state index contributed by atoms with van der Waals surface area (Å²) in [4.78, 5) is 13.7. The second-order valence-corrected chi connectivity index (χ2v) is 4.90. The zero-order chi connectivity index (χ0) is 14.5. The summed E-state index contributed by atoms with van der Waals surface area (Å²) in [5.41, 5.74) is 0.363. The Morgan fingerprint density at radius 2 is 2.45 bits per heavy atom. The summed E-state index contributed by atoms with van der Waals surface area (Å²) in [7, 11) is 0. The smallest absolute Gasteiger partial charge is 0.238 e. The second kappa shape index (κ2) is 6.66. The normalized spacial score (nSPS) is 19.4. The van der Waals surface area contributed by atoms with Crippen molar-refractivity contribution < 1.29 is 9.18 Å². The van der Waals surface area contributed by atoms with Gasteiger partial charge in [-0.05, 0) is 18.2 Å². The molecule has 1 aromatic carbocycles. The van der Waals surface area contributed by atoms with Gasteiger partial charge in [0, 0.05) is 19.6 Å². The average molecular weight is 297 g/mol. The van der Waals surface area contributed by atoms with Crippen LogP contribution in [0.25, 0.3) is 0 Å². The fourth-order valence-electron chi connectivity index (χ4n) is 2.03. The molecular weight excluding hydrogens is 283 g/mol. The van der Waals surface area contributed by atoms with Gasteiger partial charge in [-0.15, -0.1) is 0 Å². The van der Waals surface area contributed by atoms with Crippen molar-refractivity contribution in [3.8, 4) is 6.07 Å². The minimum atomic E-state index is -0.459. The van der Waals surface area contributed by atoms with Crippen LogP contribution in [0, 0.1) is 17.1 Å². The summed E-state index contributed by atoms with van der Waals surface area (Å²) in [5.74, 6) is -0.736. The summed E-state index contributed by atoms with van der Waals surface area (Å²) in [6.07, 6.45) is 0. The highest BCUT2D eigenvalue weighted by molar-refractivity contribution is 6.33. The van der Waals surface area contributed by atoms with Crippen LogP contribution in [0.2, 0.25) is 5.02 Å². The third kappa shape index (κ3) is 3.67. The summed E-state index contributed by atoms with van der Waals surface area (Å²) >= 11 is 5.84. The molecule has 0 saturated carbocycles. The van der Waals surface area contributed by atoms with Gasteiger partial charge in [0.2, 0.25) is 5.91 Å². The first-order chi connectivity index (χ1) is 9.60. The predicted octanol–water partition coefficient (Wildman–Crippen LogP) is 1.21. The van der Waals surface area contributed by atoms with Gasteiger partial charge < -0.3 is 10.6 Å². The number of nitrogens with one attached hydrogen (secondary N) is 2. The predicted molar refractivity (Wildman–Crippen MR) is 73.9 cm³/mol. The summed E-state index contributed by atoms with van der Waals surface area (Å²) < 4.78 is 12.9. The molecule has 1 fully saturated rings. The Hall–Kier alpha value is -1.68. The van der Waals surface area contributed by atoms with E-state index in [2.05, 4.69) is 16.7 Å². The number of amides is 1. The summed E-state index contributed by atoms with van der Waals surface area (Å²) in [5, 5.41) is 14.9. The molecular formula is C13H14ClFN4O. The quantitative estimate of drug-likeness (QED) is 0.880. The first-order valence-electron chi connectivity index (χ1n) is 6.19.